The molecule has 0 aliphatic carbocycles. The minimum atomic E-state index is -0.256. The Kier molecular flexibility index (Phi) is 5.07. The van der Waals surface area contributed by atoms with Crippen molar-refractivity contribution in [2.75, 3.05) is 12.3 Å². The first-order chi connectivity index (χ1) is 9.70. The summed E-state index contributed by atoms with van der Waals surface area (Å²) in [5.74, 6) is 0.847. The Bertz CT molecular complexity index is 584. The van der Waals surface area contributed by atoms with E-state index in [0.29, 0.717) is 12.2 Å². The summed E-state index contributed by atoms with van der Waals surface area (Å²) in [5, 5.41) is 0. The third kappa shape index (κ3) is 3.78. The number of fused-ring (bicyclic) bond motifs is 3. The molecule has 3 nitrogen and oxygen atoms in total. The summed E-state index contributed by atoms with van der Waals surface area (Å²) in [6.07, 6.45) is 0. The molecule has 20 heavy (non-hydrogen) atoms. The third-order valence-corrected chi connectivity index (χ3v) is 3.91. The summed E-state index contributed by atoms with van der Waals surface area (Å²) in [5.41, 5.74) is 8.53. The van der Waals surface area contributed by atoms with Gasteiger partial charge in [0.25, 0.3) is 0 Å². The van der Waals surface area contributed by atoms with Crippen molar-refractivity contribution in [3.63, 3.8) is 0 Å². The van der Waals surface area contributed by atoms with Crippen molar-refractivity contribution in [1.29, 1.82) is 0 Å². The van der Waals surface area contributed by atoms with E-state index >= 15 is 0 Å². The number of hydrogen-bond donors (Lipinski definition) is 1. The van der Waals surface area contributed by atoms with E-state index in [4.69, 9.17) is 10.5 Å². The lowest BCUT2D eigenvalue weighted by atomic mass is 10.2. The van der Waals surface area contributed by atoms with Crippen molar-refractivity contribution in [3.05, 3.63) is 59.7 Å². The Morgan fingerprint density at radius 1 is 1.25 bits per heavy atom. The molecule has 0 atom stereocenters. The highest BCUT2D eigenvalue weighted by atomic mass is 32.2. The number of hydrogen-bond acceptors (Lipinski definition) is 4. The molecular formula is C16H17NO2S. The number of ether oxygens (including phenoxy) is 1. The maximum Gasteiger partial charge on any atom is 0.338 e. The number of benzene rings is 2. The topological polar surface area (TPSA) is 52.3 Å². The average Bonchev–Trinajstić information content (AvgIpc) is 2.50. The first-order valence-corrected chi connectivity index (χ1v) is 7.42. The Balaban J connectivity index is 0.000000149. The maximum atomic E-state index is 11.0. The van der Waals surface area contributed by atoms with E-state index in [-0.39, 0.29) is 5.97 Å². The number of anilines is 1. The Morgan fingerprint density at radius 2 is 2.00 bits per heavy atom. The summed E-state index contributed by atoms with van der Waals surface area (Å²) in [7, 11) is 0. The van der Waals surface area contributed by atoms with E-state index in [9.17, 15) is 4.79 Å². The molecule has 0 saturated carbocycles. The van der Waals surface area contributed by atoms with Gasteiger partial charge < -0.3 is 10.5 Å². The number of thioether (sulfide) groups is 1. The molecule has 0 fully saturated rings. The zero-order valence-electron chi connectivity index (χ0n) is 11.3. The first-order valence-electron chi connectivity index (χ1n) is 6.44. The van der Waals surface area contributed by atoms with Crippen LogP contribution in [0.1, 0.15) is 22.8 Å². The molecule has 2 bridgehead atoms. The molecule has 0 aromatic heterocycles. The molecule has 0 unspecified atom stereocenters. The monoisotopic (exact) mass is 287 g/mol. The molecule has 2 aromatic rings. The fraction of sp³-hybridized carbons (Fsp3) is 0.188. The number of rotatable bonds is 2. The maximum absolute atomic E-state index is 11.0. The predicted octanol–water partition coefficient (Wildman–Crippen LogP) is 3.74. The summed E-state index contributed by atoms with van der Waals surface area (Å²) < 4.78 is 4.79. The number of nitrogen functional groups attached to an aromatic ring is 1. The van der Waals surface area contributed by atoms with Gasteiger partial charge in [-0.25, -0.2) is 4.79 Å². The van der Waals surface area contributed by atoms with Crippen LogP contribution in [0.2, 0.25) is 0 Å². The van der Waals surface area contributed by atoms with E-state index in [1.54, 1.807) is 19.1 Å². The second-order valence-electron chi connectivity index (χ2n) is 4.25. The molecular weight excluding hydrogens is 270 g/mol. The van der Waals surface area contributed by atoms with Crippen molar-refractivity contribution < 1.29 is 9.53 Å². The van der Waals surface area contributed by atoms with E-state index in [1.165, 1.54) is 10.5 Å². The van der Waals surface area contributed by atoms with Crippen LogP contribution in [0.5, 0.6) is 0 Å². The van der Waals surface area contributed by atoms with Gasteiger partial charge in [-0.2, -0.15) is 0 Å². The molecule has 2 aromatic carbocycles. The van der Waals surface area contributed by atoms with Crippen LogP contribution in [0.15, 0.2) is 53.4 Å². The Labute approximate surface area is 123 Å². The fourth-order valence-corrected chi connectivity index (χ4v) is 2.66. The number of nitrogens with two attached hydrogens (primary N) is 1. The first kappa shape index (κ1) is 14.5. The molecule has 4 rings (SSSR count). The van der Waals surface area contributed by atoms with E-state index in [0.717, 1.165) is 11.4 Å². The molecule has 2 N–H and O–H groups in total. The lowest BCUT2D eigenvalue weighted by Crippen LogP contribution is -2.03. The van der Waals surface area contributed by atoms with Gasteiger partial charge in [0.2, 0.25) is 0 Å². The normalized spacial score (nSPS) is 11.4. The summed E-state index contributed by atoms with van der Waals surface area (Å²) >= 11 is 1.82. The number of carbonyl (C=O) groups is 1. The van der Waals surface area contributed by atoms with Crippen LogP contribution < -0.4 is 5.73 Å². The van der Waals surface area contributed by atoms with Gasteiger partial charge in [0.15, 0.2) is 0 Å². The van der Waals surface area contributed by atoms with Crippen molar-refractivity contribution in [3.8, 4) is 0 Å². The second-order valence-corrected chi connectivity index (χ2v) is 5.26. The highest BCUT2D eigenvalue weighted by Crippen LogP contribution is 2.34. The van der Waals surface area contributed by atoms with Gasteiger partial charge in [0.05, 0.1) is 12.2 Å². The standard InChI is InChI=1S/C9H10O2.C7H7NS/c1-2-11-9(10)8-6-4-3-5-7-8;8-6-3-5-1-2-7(6)9-4-5/h3-7H,2H2,1H3;1-3H,4,8H2. The zero-order valence-corrected chi connectivity index (χ0v) is 12.2. The molecule has 0 spiro atoms. The zero-order chi connectivity index (χ0) is 14.4. The van der Waals surface area contributed by atoms with Crippen LogP contribution in [0.25, 0.3) is 0 Å². The van der Waals surface area contributed by atoms with E-state index in [1.807, 2.05) is 36.0 Å². The highest BCUT2D eigenvalue weighted by Gasteiger charge is 2.07. The van der Waals surface area contributed by atoms with E-state index < -0.39 is 0 Å². The molecule has 4 heteroatoms. The molecule has 2 aliphatic rings. The summed E-state index contributed by atoms with van der Waals surface area (Å²) in [6, 6.07) is 15.2. The predicted molar refractivity (Wildman–Crippen MR) is 82.8 cm³/mol. The summed E-state index contributed by atoms with van der Waals surface area (Å²) in [6.45, 7) is 2.22. The van der Waals surface area contributed by atoms with Crippen LogP contribution >= 0.6 is 11.8 Å². The van der Waals surface area contributed by atoms with Gasteiger partial charge in [0.1, 0.15) is 0 Å². The van der Waals surface area contributed by atoms with Crippen LogP contribution in [-0.4, -0.2) is 12.6 Å². The lowest BCUT2D eigenvalue weighted by molar-refractivity contribution is 0.0526. The van der Waals surface area contributed by atoms with Gasteiger partial charge in [0, 0.05) is 16.3 Å². The second kappa shape index (κ2) is 7.01. The summed E-state index contributed by atoms with van der Waals surface area (Å²) in [4.78, 5) is 12.2. The fourth-order valence-electron chi connectivity index (χ4n) is 1.77. The van der Waals surface area contributed by atoms with Crippen LogP contribution in [-0.2, 0) is 10.5 Å². The quantitative estimate of drug-likeness (QED) is 0.675. The Hall–Kier alpha value is -1.94. The largest absolute Gasteiger partial charge is 0.462 e. The SMILES string of the molecule is CCOC(=O)c1ccccc1.Nc1cc2ccc1SC2. The van der Waals surface area contributed by atoms with Crippen LogP contribution in [0, 0.1) is 0 Å². The number of carbonyl (C=O) groups excluding carboxylic acids is 1. The lowest BCUT2D eigenvalue weighted by Gasteiger charge is -2.13. The Morgan fingerprint density at radius 3 is 2.40 bits per heavy atom. The average molecular weight is 287 g/mol. The molecule has 2 heterocycles. The molecule has 104 valence electrons. The molecule has 0 radical (unpaired) electrons. The molecule has 2 aliphatic heterocycles. The van der Waals surface area contributed by atoms with Crippen molar-refractivity contribution >= 4 is 23.4 Å². The van der Waals surface area contributed by atoms with Gasteiger partial charge in [-0.15, -0.1) is 11.8 Å². The third-order valence-electron chi connectivity index (χ3n) is 2.75. The van der Waals surface area contributed by atoms with Crippen LogP contribution in [0.4, 0.5) is 5.69 Å². The highest BCUT2D eigenvalue weighted by molar-refractivity contribution is 7.98. The molecule has 0 saturated heterocycles. The van der Waals surface area contributed by atoms with E-state index in [2.05, 4.69) is 12.1 Å². The van der Waals surface area contributed by atoms with Crippen LogP contribution in [0.3, 0.4) is 0 Å². The minimum Gasteiger partial charge on any atom is -0.462 e. The molecule has 0 amide bonds. The van der Waals surface area contributed by atoms with Crippen molar-refractivity contribution in [2.45, 2.75) is 17.6 Å². The van der Waals surface area contributed by atoms with Crippen molar-refractivity contribution in [1.82, 2.24) is 0 Å². The van der Waals surface area contributed by atoms with Gasteiger partial charge in [-0.1, -0.05) is 24.3 Å². The van der Waals surface area contributed by atoms with Crippen molar-refractivity contribution in [2.24, 2.45) is 0 Å². The van der Waals surface area contributed by atoms with Gasteiger partial charge in [-0.05, 0) is 36.8 Å². The minimum absolute atomic E-state index is 0.256. The van der Waals surface area contributed by atoms with Gasteiger partial charge >= 0.3 is 5.97 Å². The van der Waals surface area contributed by atoms with Gasteiger partial charge in [-0.3, -0.25) is 0 Å². The number of esters is 1. The smallest absolute Gasteiger partial charge is 0.338 e.